The molecule has 0 saturated carbocycles. The number of rotatable bonds is 0. The van der Waals surface area contributed by atoms with E-state index >= 15 is 0 Å². The van der Waals surface area contributed by atoms with Crippen molar-refractivity contribution < 1.29 is 4.39 Å². The van der Waals surface area contributed by atoms with Gasteiger partial charge in [0.15, 0.2) is 0 Å². The molecule has 2 aromatic rings. The van der Waals surface area contributed by atoms with Crippen molar-refractivity contribution in [1.82, 2.24) is 9.38 Å². The van der Waals surface area contributed by atoms with Crippen LogP contribution in [-0.4, -0.2) is 9.38 Å². The van der Waals surface area contributed by atoms with Crippen molar-refractivity contribution >= 4 is 5.65 Å². The van der Waals surface area contributed by atoms with Gasteiger partial charge in [-0.25, -0.2) is 9.37 Å². The molecule has 0 N–H and O–H groups in total. The van der Waals surface area contributed by atoms with Crippen LogP contribution in [0.1, 0.15) is 5.56 Å². The van der Waals surface area contributed by atoms with Gasteiger partial charge in [-0.05, 0) is 18.6 Å². The highest BCUT2D eigenvalue weighted by molar-refractivity contribution is 5.46. The van der Waals surface area contributed by atoms with E-state index in [2.05, 4.69) is 11.2 Å². The first kappa shape index (κ1) is 6.34. The highest BCUT2D eigenvalue weighted by Crippen LogP contribution is 2.08. The lowest BCUT2D eigenvalue weighted by Crippen LogP contribution is -1.88. The van der Waals surface area contributed by atoms with E-state index in [1.54, 1.807) is 10.6 Å². The number of nitrogens with zero attached hydrogens (tertiary/aromatic N) is 2. The molecule has 0 spiro atoms. The van der Waals surface area contributed by atoms with Crippen LogP contribution in [0.2, 0.25) is 0 Å². The van der Waals surface area contributed by atoms with Crippen molar-refractivity contribution in [3.05, 3.63) is 36.0 Å². The molecule has 0 bridgehead atoms. The Morgan fingerprint density at radius 1 is 1.64 bits per heavy atom. The summed E-state index contributed by atoms with van der Waals surface area (Å²) in [4.78, 5) is 3.93. The monoisotopic (exact) mass is 149 g/mol. The molecule has 2 aromatic heterocycles. The minimum absolute atomic E-state index is 0.249. The molecule has 0 fully saturated rings. The second-order valence-electron chi connectivity index (χ2n) is 2.44. The van der Waals surface area contributed by atoms with Crippen molar-refractivity contribution in [3.8, 4) is 0 Å². The normalized spacial score (nSPS) is 10.7. The second-order valence-corrected chi connectivity index (χ2v) is 2.44. The molecule has 2 nitrogen and oxygen atoms in total. The maximum atomic E-state index is 12.7. The van der Waals surface area contributed by atoms with Crippen LogP contribution >= 0.6 is 0 Å². The lowest BCUT2D eigenvalue weighted by molar-refractivity contribution is 0.618. The van der Waals surface area contributed by atoms with Crippen LogP contribution in [-0.2, 0) is 0 Å². The van der Waals surface area contributed by atoms with Gasteiger partial charge in [-0.1, -0.05) is 0 Å². The average molecular weight is 149 g/mol. The van der Waals surface area contributed by atoms with E-state index in [-0.39, 0.29) is 5.82 Å². The number of aryl methyl sites for hydroxylation is 1. The van der Waals surface area contributed by atoms with E-state index in [4.69, 9.17) is 0 Å². The maximum absolute atomic E-state index is 12.7. The number of halogens is 1. The molecule has 0 aliphatic rings. The third kappa shape index (κ3) is 0.888. The van der Waals surface area contributed by atoms with Crippen LogP contribution in [0.15, 0.2) is 18.5 Å². The summed E-state index contributed by atoms with van der Waals surface area (Å²) in [6, 6.07) is 1.45. The average Bonchev–Trinajstić information content (AvgIpc) is 2.34. The predicted molar refractivity (Wildman–Crippen MR) is 38.7 cm³/mol. The Balaban J connectivity index is 2.91. The quantitative estimate of drug-likeness (QED) is 0.556. The highest BCUT2D eigenvalue weighted by atomic mass is 19.1. The van der Waals surface area contributed by atoms with Crippen LogP contribution in [0.25, 0.3) is 5.65 Å². The van der Waals surface area contributed by atoms with Gasteiger partial charge < -0.3 is 4.40 Å². The van der Waals surface area contributed by atoms with Crippen LogP contribution in [0.4, 0.5) is 4.39 Å². The van der Waals surface area contributed by atoms with Gasteiger partial charge in [0, 0.05) is 12.4 Å². The number of aromatic nitrogens is 2. The summed E-state index contributed by atoms with van der Waals surface area (Å²) in [5, 5.41) is 0. The van der Waals surface area contributed by atoms with E-state index < -0.39 is 0 Å². The fourth-order valence-electron chi connectivity index (χ4n) is 1.10. The summed E-state index contributed by atoms with van der Waals surface area (Å²) in [5.74, 6) is -0.249. The Labute approximate surface area is 63.3 Å². The minimum atomic E-state index is -0.249. The first-order valence-electron chi connectivity index (χ1n) is 3.28. The molecule has 1 radical (unpaired) electrons. The van der Waals surface area contributed by atoms with Crippen LogP contribution in [0.5, 0.6) is 0 Å². The molecular formula is C8H6FN2. The van der Waals surface area contributed by atoms with Crippen molar-refractivity contribution in [1.29, 1.82) is 0 Å². The molecule has 2 rings (SSSR count). The molecule has 0 aliphatic heterocycles. The van der Waals surface area contributed by atoms with Crippen molar-refractivity contribution in [2.45, 2.75) is 6.92 Å². The zero-order valence-electron chi connectivity index (χ0n) is 6.00. The fourth-order valence-corrected chi connectivity index (χ4v) is 1.10. The first-order valence-corrected chi connectivity index (χ1v) is 3.28. The summed E-state index contributed by atoms with van der Waals surface area (Å²) < 4.78 is 14.3. The summed E-state index contributed by atoms with van der Waals surface area (Å²) in [5.41, 5.74) is 1.58. The lowest BCUT2D eigenvalue weighted by atomic mass is 10.3. The number of imidazole rings is 1. The molecule has 3 heteroatoms. The molecule has 0 atom stereocenters. The number of hydrogen-bond donors (Lipinski definition) is 0. The molecule has 11 heavy (non-hydrogen) atoms. The first-order chi connectivity index (χ1) is 5.27. The van der Waals surface area contributed by atoms with Crippen molar-refractivity contribution in [2.24, 2.45) is 0 Å². The van der Waals surface area contributed by atoms with Crippen molar-refractivity contribution in [2.75, 3.05) is 0 Å². The van der Waals surface area contributed by atoms with Gasteiger partial charge in [-0.15, -0.1) is 0 Å². The van der Waals surface area contributed by atoms with Gasteiger partial charge in [-0.3, -0.25) is 0 Å². The Hall–Kier alpha value is -1.38. The Kier molecular flexibility index (Phi) is 1.18. The van der Waals surface area contributed by atoms with Gasteiger partial charge in [0.1, 0.15) is 17.7 Å². The van der Waals surface area contributed by atoms with Gasteiger partial charge >= 0.3 is 0 Å². The Morgan fingerprint density at radius 3 is 3.27 bits per heavy atom. The number of fused-ring (bicyclic) bond motifs is 1. The van der Waals surface area contributed by atoms with E-state index in [1.165, 1.54) is 12.3 Å². The van der Waals surface area contributed by atoms with Gasteiger partial charge in [-0.2, -0.15) is 0 Å². The van der Waals surface area contributed by atoms with E-state index in [1.807, 2.05) is 6.92 Å². The van der Waals surface area contributed by atoms with Crippen LogP contribution < -0.4 is 0 Å². The summed E-state index contributed by atoms with van der Waals surface area (Å²) in [7, 11) is 0. The summed E-state index contributed by atoms with van der Waals surface area (Å²) in [6.07, 6.45) is 5.64. The maximum Gasteiger partial charge on any atom is 0.140 e. The number of hydrogen-bond acceptors (Lipinski definition) is 1. The van der Waals surface area contributed by atoms with Gasteiger partial charge in [0.25, 0.3) is 0 Å². The molecule has 0 aromatic carbocycles. The van der Waals surface area contributed by atoms with Crippen LogP contribution in [0.3, 0.4) is 0 Å². The Bertz CT molecular complexity index is 392. The molecular weight excluding hydrogens is 143 g/mol. The zero-order valence-corrected chi connectivity index (χ0v) is 6.00. The molecule has 0 aliphatic carbocycles. The van der Waals surface area contributed by atoms with Gasteiger partial charge in [0.2, 0.25) is 0 Å². The summed E-state index contributed by atoms with van der Waals surface area (Å²) in [6.45, 7) is 1.82. The predicted octanol–water partition coefficient (Wildman–Crippen LogP) is 1.58. The lowest BCUT2D eigenvalue weighted by Gasteiger charge is -1.96. The fraction of sp³-hybridized carbons (Fsp3) is 0.125. The van der Waals surface area contributed by atoms with E-state index in [9.17, 15) is 4.39 Å². The topological polar surface area (TPSA) is 17.3 Å². The third-order valence-corrected chi connectivity index (χ3v) is 1.58. The van der Waals surface area contributed by atoms with Crippen LogP contribution in [0, 0.1) is 18.9 Å². The SMILES string of the molecule is Cc1cc(F)cn2c[c]nc12. The second kappa shape index (κ2) is 2.05. The Morgan fingerprint density at radius 2 is 2.45 bits per heavy atom. The third-order valence-electron chi connectivity index (χ3n) is 1.58. The molecule has 0 unspecified atom stereocenters. The molecule has 0 amide bonds. The smallest absolute Gasteiger partial charge is 0.140 e. The molecule has 0 saturated heterocycles. The minimum Gasteiger partial charge on any atom is -0.303 e. The van der Waals surface area contributed by atoms with Crippen molar-refractivity contribution in [3.63, 3.8) is 0 Å². The highest BCUT2D eigenvalue weighted by Gasteiger charge is 1.99. The standard InChI is InChI=1S/C8H6FN2/c1-6-4-7(9)5-11-3-2-10-8(6)11/h3-5H,1H3. The molecule has 55 valence electrons. The largest absolute Gasteiger partial charge is 0.303 e. The summed E-state index contributed by atoms with van der Waals surface area (Å²) >= 11 is 0. The zero-order chi connectivity index (χ0) is 7.84. The van der Waals surface area contributed by atoms with Gasteiger partial charge in [0.05, 0.1) is 0 Å². The number of pyridine rings is 1. The van der Waals surface area contributed by atoms with E-state index in [0.717, 1.165) is 11.2 Å². The molecule has 2 heterocycles. The van der Waals surface area contributed by atoms with E-state index in [0.29, 0.717) is 0 Å².